The predicted molar refractivity (Wildman–Crippen MR) is 106 cm³/mol. The Bertz CT molecular complexity index is 720. The highest BCUT2D eigenvalue weighted by Gasteiger charge is 2.40. The van der Waals surface area contributed by atoms with E-state index in [9.17, 15) is 0 Å². The molecule has 2 aromatic rings. The van der Waals surface area contributed by atoms with Crippen molar-refractivity contribution in [3.8, 4) is 0 Å². The highest BCUT2D eigenvalue weighted by atomic mass is 32.2. The predicted octanol–water partition coefficient (Wildman–Crippen LogP) is 4.83. The first-order chi connectivity index (χ1) is 11.8. The molecule has 1 unspecified atom stereocenters. The first kappa shape index (κ1) is 16.5. The minimum absolute atomic E-state index is 0.710. The smallest absolute Gasteiger partial charge is 0.0461 e. The number of nitrogens with zero attached hydrogens (tertiary/aromatic N) is 1. The Morgan fingerprint density at radius 2 is 2.17 bits per heavy atom. The second kappa shape index (κ2) is 6.76. The zero-order valence-corrected chi connectivity index (χ0v) is 16.1. The quantitative estimate of drug-likeness (QED) is 0.839. The summed E-state index contributed by atoms with van der Waals surface area (Å²) in [6.07, 6.45) is 7.26. The van der Waals surface area contributed by atoms with Crippen molar-refractivity contribution in [3.63, 3.8) is 0 Å². The first-order valence-electron chi connectivity index (χ1n) is 9.62. The highest BCUT2D eigenvalue weighted by molar-refractivity contribution is 7.98. The molecule has 1 saturated heterocycles. The fourth-order valence-corrected chi connectivity index (χ4v) is 5.98. The van der Waals surface area contributed by atoms with Gasteiger partial charge < -0.3 is 4.98 Å². The van der Waals surface area contributed by atoms with Crippen LogP contribution in [-0.4, -0.2) is 41.0 Å². The van der Waals surface area contributed by atoms with E-state index in [0.29, 0.717) is 6.04 Å². The molecule has 2 nitrogen and oxygen atoms in total. The van der Waals surface area contributed by atoms with Gasteiger partial charge in [0.25, 0.3) is 0 Å². The summed E-state index contributed by atoms with van der Waals surface area (Å²) >= 11 is 2.02. The van der Waals surface area contributed by atoms with Crippen LogP contribution in [0.15, 0.2) is 18.2 Å². The summed E-state index contributed by atoms with van der Waals surface area (Å²) in [6.45, 7) is 7.17. The monoisotopic (exact) mass is 342 g/mol. The number of hydrogen-bond acceptors (Lipinski definition) is 2. The number of aromatic amines is 1. The van der Waals surface area contributed by atoms with Crippen LogP contribution in [0.2, 0.25) is 0 Å². The second-order valence-electron chi connectivity index (χ2n) is 7.64. The molecule has 24 heavy (non-hydrogen) atoms. The van der Waals surface area contributed by atoms with Crippen LogP contribution >= 0.6 is 11.8 Å². The van der Waals surface area contributed by atoms with Crippen LogP contribution in [0.25, 0.3) is 10.9 Å². The number of piperidine rings is 1. The van der Waals surface area contributed by atoms with Crippen LogP contribution < -0.4 is 0 Å². The molecule has 1 N–H and O–H groups in total. The van der Waals surface area contributed by atoms with Crippen LogP contribution in [0.4, 0.5) is 0 Å². The molecule has 1 aromatic carbocycles. The molecule has 0 spiro atoms. The number of H-pyrrole nitrogens is 1. The van der Waals surface area contributed by atoms with Crippen molar-refractivity contribution in [2.45, 2.75) is 51.5 Å². The van der Waals surface area contributed by atoms with E-state index in [1.54, 1.807) is 16.5 Å². The van der Waals surface area contributed by atoms with Crippen molar-refractivity contribution >= 4 is 22.7 Å². The molecule has 1 aliphatic heterocycles. The minimum Gasteiger partial charge on any atom is -0.358 e. The van der Waals surface area contributed by atoms with E-state index in [0.717, 1.165) is 18.3 Å². The largest absolute Gasteiger partial charge is 0.358 e. The molecule has 1 fully saturated rings. The first-order valence-corrected chi connectivity index (χ1v) is 11.0. The summed E-state index contributed by atoms with van der Waals surface area (Å²) in [7, 11) is 0. The molecule has 3 atom stereocenters. The van der Waals surface area contributed by atoms with Gasteiger partial charge in [-0.3, -0.25) is 4.90 Å². The SMILES string of the molecule is CCCN1C[C@H](CSC)CC2c3cccc4[nH]c(CC)c(c34)C[C@H]21. The number of thioether (sulfide) groups is 1. The third kappa shape index (κ3) is 2.61. The number of rotatable bonds is 5. The highest BCUT2D eigenvalue weighted by Crippen LogP contribution is 2.46. The molecule has 0 bridgehead atoms. The topological polar surface area (TPSA) is 19.0 Å². The van der Waals surface area contributed by atoms with Gasteiger partial charge in [-0.1, -0.05) is 26.0 Å². The van der Waals surface area contributed by atoms with Gasteiger partial charge in [0.2, 0.25) is 0 Å². The fourth-order valence-electron chi connectivity index (χ4n) is 5.26. The van der Waals surface area contributed by atoms with Crippen LogP contribution in [0.3, 0.4) is 0 Å². The lowest BCUT2D eigenvalue weighted by Crippen LogP contribution is -2.50. The standard InChI is InChI=1S/C21H30N2S/c1-4-9-23-12-14(13-24-3)10-16-15-7-6-8-19-21(15)17(11-20(16)23)18(5-2)22-19/h6-8,14,16,20,22H,4-5,9-13H2,1-3H3/t14-,16?,20-/m1/s1. The lowest BCUT2D eigenvalue weighted by Gasteiger charge is -2.47. The van der Waals surface area contributed by atoms with Crippen molar-refractivity contribution in [2.75, 3.05) is 25.1 Å². The van der Waals surface area contributed by atoms with Gasteiger partial charge in [-0.15, -0.1) is 0 Å². The van der Waals surface area contributed by atoms with Crippen LogP contribution in [0.1, 0.15) is 49.4 Å². The van der Waals surface area contributed by atoms with Gasteiger partial charge in [0, 0.05) is 35.1 Å². The maximum atomic E-state index is 3.72. The Balaban J connectivity index is 1.79. The Morgan fingerprint density at radius 1 is 1.29 bits per heavy atom. The summed E-state index contributed by atoms with van der Waals surface area (Å²) in [5.74, 6) is 2.87. The Labute approximate surface area is 150 Å². The van der Waals surface area contributed by atoms with Gasteiger partial charge in [0.1, 0.15) is 0 Å². The van der Waals surface area contributed by atoms with Crippen LogP contribution in [-0.2, 0) is 12.8 Å². The minimum atomic E-state index is 0.710. The number of aryl methyl sites for hydroxylation is 1. The number of hydrogen-bond donors (Lipinski definition) is 1. The third-order valence-electron chi connectivity index (χ3n) is 6.14. The molecule has 0 amide bonds. The van der Waals surface area contributed by atoms with Crippen molar-refractivity contribution in [1.29, 1.82) is 0 Å². The number of likely N-dealkylation sites (tertiary alicyclic amines) is 1. The zero-order valence-electron chi connectivity index (χ0n) is 15.3. The molecule has 0 radical (unpaired) electrons. The number of benzene rings is 1. The van der Waals surface area contributed by atoms with E-state index >= 15 is 0 Å². The van der Waals surface area contributed by atoms with E-state index in [1.165, 1.54) is 49.3 Å². The van der Waals surface area contributed by atoms with Gasteiger partial charge >= 0.3 is 0 Å². The van der Waals surface area contributed by atoms with Gasteiger partial charge in [-0.2, -0.15) is 11.8 Å². The molecule has 2 heterocycles. The maximum Gasteiger partial charge on any atom is 0.0461 e. The van der Waals surface area contributed by atoms with Gasteiger partial charge in [-0.05, 0) is 67.3 Å². The molecule has 2 aliphatic rings. The Kier molecular flexibility index (Phi) is 4.66. The summed E-state index contributed by atoms with van der Waals surface area (Å²) in [4.78, 5) is 6.54. The zero-order chi connectivity index (χ0) is 16.7. The lowest BCUT2D eigenvalue weighted by molar-refractivity contribution is 0.0925. The average Bonchev–Trinajstić information content (AvgIpc) is 2.96. The molecule has 0 saturated carbocycles. The molecular weight excluding hydrogens is 312 g/mol. The van der Waals surface area contributed by atoms with E-state index in [4.69, 9.17) is 0 Å². The molecular formula is C21H30N2S. The number of fused-ring (bicyclic) bond motifs is 2. The van der Waals surface area contributed by atoms with E-state index in [2.05, 4.69) is 48.2 Å². The number of aromatic nitrogens is 1. The van der Waals surface area contributed by atoms with Crippen molar-refractivity contribution in [1.82, 2.24) is 9.88 Å². The molecule has 3 heteroatoms. The normalized spacial score (nSPS) is 26.7. The second-order valence-corrected chi connectivity index (χ2v) is 8.55. The van der Waals surface area contributed by atoms with Crippen molar-refractivity contribution < 1.29 is 0 Å². The third-order valence-corrected chi connectivity index (χ3v) is 6.95. The molecule has 1 aliphatic carbocycles. The van der Waals surface area contributed by atoms with E-state index < -0.39 is 0 Å². The number of nitrogens with one attached hydrogen (secondary N) is 1. The van der Waals surface area contributed by atoms with Gasteiger partial charge in [-0.25, -0.2) is 0 Å². The maximum absolute atomic E-state index is 3.72. The van der Waals surface area contributed by atoms with Crippen LogP contribution in [0, 0.1) is 5.92 Å². The lowest BCUT2D eigenvalue weighted by atomic mass is 9.72. The Hall–Kier alpha value is -0.930. The van der Waals surface area contributed by atoms with Gasteiger partial charge in [0.15, 0.2) is 0 Å². The fraction of sp³-hybridized carbons (Fsp3) is 0.619. The summed E-state index contributed by atoms with van der Waals surface area (Å²) in [5, 5.41) is 1.57. The van der Waals surface area contributed by atoms with Gasteiger partial charge in [0.05, 0.1) is 0 Å². The van der Waals surface area contributed by atoms with E-state index in [-0.39, 0.29) is 0 Å². The average molecular weight is 343 g/mol. The van der Waals surface area contributed by atoms with Crippen molar-refractivity contribution in [2.24, 2.45) is 5.92 Å². The van der Waals surface area contributed by atoms with Crippen LogP contribution in [0.5, 0.6) is 0 Å². The molecule has 1 aromatic heterocycles. The van der Waals surface area contributed by atoms with E-state index in [1.807, 2.05) is 11.8 Å². The summed E-state index contributed by atoms with van der Waals surface area (Å²) < 4.78 is 0. The summed E-state index contributed by atoms with van der Waals surface area (Å²) in [5.41, 5.74) is 6.08. The molecule has 130 valence electrons. The van der Waals surface area contributed by atoms with Crippen molar-refractivity contribution in [3.05, 3.63) is 35.0 Å². The Morgan fingerprint density at radius 3 is 2.92 bits per heavy atom. The molecule has 4 rings (SSSR count). The summed E-state index contributed by atoms with van der Waals surface area (Å²) in [6, 6.07) is 7.67.